The smallest absolute Gasteiger partial charge is 0.0588 e. The minimum Gasteiger partial charge on any atom is -0.375 e. The first-order chi connectivity index (χ1) is 8.99. The third-order valence-electron chi connectivity index (χ3n) is 3.32. The van der Waals surface area contributed by atoms with Gasteiger partial charge >= 0.3 is 0 Å². The van der Waals surface area contributed by atoms with Crippen molar-refractivity contribution in [3.63, 3.8) is 0 Å². The van der Waals surface area contributed by atoms with Crippen LogP contribution in [-0.4, -0.2) is 20.1 Å². The molecule has 0 bridgehead atoms. The van der Waals surface area contributed by atoms with Crippen molar-refractivity contribution in [1.29, 1.82) is 0 Å². The second-order valence-corrected chi connectivity index (χ2v) is 9.95. The number of hydrogen-bond acceptors (Lipinski definition) is 1. The first kappa shape index (κ1) is 20.4. The highest BCUT2D eigenvalue weighted by molar-refractivity contribution is 14.1. The Morgan fingerprint density at radius 2 is 1.16 bits per heavy atom. The lowest BCUT2D eigenvalue weighted by Gasteiger charge is -2.27. The highest BCUT2D eigenvalue weighted by Gasteiger charge is 2.19. The van der Waals surface area contributed by atoms with Crippen LogP contribution in [0.15, 0.2) is 0 Å². The third-order valence-corrected chi connectivity index (χ3v) is 4.34. The van der Waals surface area contributed by atoms with E-state index in [9.17, 15) is 0 Å². The van der Waals surface area contributed by atoms with Gasteiger partial charge in [-0.2, -0.15) is 0 Å². The van der Waals surface area contributed by atoms with Gasteiger partial charge in [-0.3, -0.25) is 0 Å². The van der Waals surface area contributed by atoms with Gasteiger partial charge in [0.15, 0.2) is 0 Å². The predicted octanol–water partition coefficient (Wildman–Crippen LogP) is 6.55. The summed E-state index contributed by atoms with van der Waals surface area (Å²) in [4.78, 5) is 0. The molecule has 0 aromatic heterocycles. The standard InChI is InChI=1S/C16H32I2O/c1-5-7-9-15(11-13(3)17)19-16(10-8-6-2)12-14(4)18/h13-16H,5-12H2,1-4H3. The number of unbranched alkanes of at least 4 members (excludes halogenated alkanes) is 2. The molecule has 116 valence electrons. The topological polar surface area (TPSA) is 9.23 Å². The first-order valence-corrected chi connectivity index (χ1v) is 10.4. The molecule has 0 spiro atoms. The summed E-state index contributed by atoms with van der Waals surface area (Å²) in [6, 6.07) is 0. The van der Waals surface area contributed by atoms with E-state index in [0.717, 1.165) is 0 Å². The van der Waals surface area contributed by atoms with Crippen LogP contribution in [0.2, 0.25) is 0 Å². The summed E-state index contributed by atoms with van der Waals surface area (Å²) >= 11 is 5.06. The summed E-state index contributed by atoms with van der Waals surface area (Å²) in [5.41, 5.74) is 0. The summed E-state index contributed by atoms with van der Waals surface area (Å²) in [6.45, 7) is 9.13. The number of hydrogen-bond donors (Lipinski definition) is 0. The maximum atomic E-state index is 6.47. The molecule has 4 atom stereocenters. The van der Waals surface area contributed by atoms with Crippen LogP contribution in [0.5, 0.6) is 0 Å². The maximum Gasteiger partial charge on any atom is 0.0588 e. The average molecular weight is 494 g/mol. The zero-order chi connectivity index (χ0) is 14.7. The van der Waals surface area contributed by atoms with E-state index in [1.54, 1.807) is 0 Å². The number of rotatable bonds is 12. The van der Waals surface area contributed by atoms with E-state index in [4.69, 9.17) is 4.74 Å². The maximum absolute atomic E-state index is 6.47. The molecule has 0 aromatic rings. The summed E-state index contributed by atoms with van der Waals surface area (Å²) < 4.78 is 7.89. The molecule has 0 rings (SSSR count). The molecule has 0 fully saturated rings. The molecule has 0 saturated carbocycles. The van der Waals surface area contributed by atoms with Crippen LogP contribution in [0, 0.1) is 0 Å². The summed E-state index contributed by atoms with van der Waals surface area (Å²) in [7, 11) is 0. The minimum atomic E-state index is 0.476. The van der Waals surface area contributed by atoms with Gasteiger partial charge in [-0.25, -0.2) is 0 Å². The van der Waals surface area contributed by atoms with Gasteiger partial charge in [0.1, 0.15) is 0 Å². The molecule has 0 amide bonds. The Kier molecular flexibility index (Phi) is 14.1. The predicted molar refractivity (Wildman–Crippen MR) is 104 cm³/mol. The van der Waals surface area contributed by atoms with E-state index >= 15 is 0 Å². The average Bonchev–Trinajstić information content (AvgIpc) is 2.31. The van der Waals surface area contributed by atoms with Gasteiger partial charge in [-0.05, 0) is 25.7 Å². The fourth-order valence-corrected chi connectivity index (χ4v) is 3.48. The van der Waals surface area contributed by atoms with E-state index in [2.05, 4.69) is 72.9 Å². The van der Waals surface area contributed by atoms with Crippen molar-refractivity contribution >= 4 is 45.2 Å². The van der Waals surface area contributed by atoms with Gasteiger partial charge in [-0.15, -0.1) is 0 Å². The Morgan fingerprint density at radius 1 is 0.789 bits per heavy atom. The summed E-state index contributed by atoms with van der Waals surface area (Å²) in [5, 5.41) is 0. The Balaban J connectivity index is 4.33. The van der Waals surface area contributed by atoms with E-state index in [1.165, 1.54) is 51.4 Å². The summed E-state index contributed by atoms with van der Waals surface area (Å²) in [6.07, 6.45) is 11.0. The zero-order valence-corrected chi connectivity index (χ0v) is 17.4. The van der Waals surface area contributed by atoms with Crippen molar-refractivity contribution in [2.45, 2.75) is 99.1 Å². The fourth-order valence-electron chi connectivity index (χ4n) is 2.34. The Labute approximate surface area is 148 Å². The second-order valence-electron chi connectivity index (χ2n) is 5.70. The Bertz CT molecular complexity index is 175. The van der Waals surface area contributed by atoms with Crippen LogP contribution in [0.1, 0.15) is 79.1 Å². The van der Waals surface area contributed by atoms with Crippen LogP contribution in [-0.2, 0) is 4.74 Å². The highest BCUT2D eigenvalue weighted by atomic mass is 127. The molecule has 1 nitrogen and oxygen atoms in total. The molecule has 3 heteroatoms. The highest BCUT2D eigenvalue weighted by Crippen LogP contribution is 2.23. The van der Waals surface area contributed by atoms with Crippen molar-refractivity contribution in [3.8, 4) is 0 Å². The molecule has 19 heavy (non-hydrogen) atoms. The molecular formula is C16H32I2O. The van der Waals surface area contributed by atoms with Gasteiger partial charge in [-0.1, -0.05) is 98.6 Å². The van der Waals surface area contributed by atoms with Crippen molar-refractivity contribution in [3.05, 3.63) is 0 Å². The van der Waals surface area contributed by atoms with Crippen LogP contribution in [0.25, 0.3) is 0 Å². The lowest BCUT2D eigenvalue weighted by Crippen LogP contribution is -2.26. The van der Waals surface area contributed by atoms with Gasteiger partial charge in [0.05, 0.1) is 12.2 Å². The van der Waals surface area contributed by atoms with Crippen molar-refractivity contribution < 1.29 is 4.74 Å². The molecule has 0 aliphatic heterocycles. The van der Waals surface area contributed by atoms with Crippen molar-refractivity contribution in [2.24, 2.45) is 0 Å². The number of ether oxygens (including phenoxy) is 1. The first-order valence-electron chi connectivity index (χ1n) is 7.93. The van der Waals surface area contributed by atoms with E-state index < -0.39 is 0 Å². The van der Waals surface area contributed by atoms with Crippen LogP contribution >= 0.6 is 45.2 Å². The molecule has 0 heterocycles. The SMILES string of the molecule is CCCCC(CC(C)I)OC(CCCC)CC(C)I. The van der Waals surface area contributed by atoms with Crippen LogP contribution < -0.4 is 0 Å². The largest absolute Gasteiger partial charge is 0.375 e. The Hall–Kier alpha value is 1.42. The molecule has 0 aliphatic carbocycles. The molecule has 4 unspecified atom stereocenters. The molecule has 0 saturated heterocycles. The van der Waals surface area contributed by atoms with E-state index in [0.29, 0.717) is 20.1 Å². The van der Waals surface area contributed by atoms with E-state index in [1.807, 2.05) is 0 Å². The van der Waals surface area contributed by atoms with Gasteiger partial charge < -0.3 is 4.74 Å². The van der Waals surface area contributed by atoms with E-state index in [-0.39, 0.29) is 0 Å². The molecule has 0 radical (unpaired) electrons. The zero-order valence-electron chi connectivity index (χ0n) is 13.1. The number of alkyl halides is 2. The Morgan fingerprint density at radius 3 is 1.42 bits per heavy atom. The normalized spacial score (nSPS) is 18.0. The third kappa shape index (κ3) is 12.8. The van der Waals surface area contributed by atoms with Crippen LogP contribution in [0.4, 0.5) is 0 Å². The van der Waals surface area contributed by atoms with Gasteiger partial charge in [0, 0.05) is 7.85 Å². The van der Waals surface area contributed by atoms with Gasteiger partial charge in [0.25, 0.3) is 0 Å². The molecule has 0 N–H and O–H groups in total. The molecule has 0 aliphatic rings. The fraction of sp³-hybridized carbons (Fsp3) is 1.00. The second kappa shape index (κ2) is 13.1. The minimum absolute atomic E-state index is 0.476. The van der Waals surface area contributed by atoms with Crippen LogP contribution in [0.3, 0.4) is 0 Å². The lowest BCUT2D eigenvalue weighted by atomic mass is 10.0. The summed E-state index contributed by atoms with van der Waals surface area (Å²) in [5.74, 6) is 0. The monoisotopic (exact) mass is 494 g/mol. The number of halogens is 2. The van der Waals surface area contributed by atoms with Crippen molar-refractivity contribution in [1.82, 2.24) is 0 Å². The van der Waals surface area contributed by atoms with Crippen molar-refractivity contribution in [2.75, 3.05) is 0 Å². The molecular weight excluding hydrogens is 462 g/mol. The lowest BCUT2D eigenvalue weighted by molar-refractivity contribution is -0.0282. The molecule has 0 aromatic carbocycles. The quantitative estimate of drug-likeness (QED) is 0.221. The van der Waals surface area contributed by atoms with Gasteiger partial charge in [0.2, 0.25) is 0 Å².